The molecule has 0 unspecified atom stereocenters. The van der Waals surface area contributed by atoms with Crippen LogP contribution in [0.25, 0.3) is 6.08 Å². The molecule has 1 heterocycles. The number of carbonyl (C=O) groups excluding carboxylic acids is 1. The molecule has 1 N–H and O–H groups in total. The first-order chi connectivity index (χ1) is 10.2. The molecule has 4 heteroatoms. The second kappa shape index (κ2) is 5.97. The minimum atomic E-state index is -0.102. The predicted octanol–water partition coefficient (Wildman–Crippen LogP) is 3.89. The summed E-state index contributed by atoms with van der Waals surface area (Å²) < 4.78 is 0. The fraction of sp³-hybridized carbons (Fsp3) is 0.0588. The maximum atomic E-state index is 12.0. The number of amidine groups is 1. The van der Waals surface area contributed by atoms with Gasteiger partial charge in [0, 0.05) is 0 Å². The van der Waals surface area contributed by atoms with E-state index in [0.717, 1.165) is 11.3 Å². The highest BCUT2D eigenvalue weighted by Gasteiger charge is 2.23. The van der Waals surface area contributed by atoms with Crippen molar-refractivity contribution < 1.29 is 4.79 Å². The average molecular weight is 294 g/mol. The van der Waals surface area contributed by atoms with E-state index in [1.54, 1.807) is 0 Å². The Labute approximate surface area is 127 Å². The number of rotatable bonds is 2. The van der Waals surface area contributed by atoms with Crippen molar-refractivity contribution in [2.24, 2.45) is 4.99 Å². The molecule has 3 nitrogen and oxygen atoms in total. The number of nitrogens with one attached hydrogen (secondary N) is 1. The van der Waals surface area contributed by atoms with Crippen LogP contribution in [0.5, 0.6) is 0 Å². The highest BCUT2D eigenvalue weighted by atomic mass is 32.2. The Morgan fingerprint density at radius 1 is 1.05 bits per heavy atom. The van der Waals surface area contributed by atoms with Crippen molar-refractivity contribution in [1.29, 1.82) is 0 Å². The number of carbonyl (C=O) groups is 1. The van der Waals surface area contributed by atoms with E-state index in [1.165, 1.54) is 17.3 Å². The first-order valence-corrected chi connectivity index (χ1v) is 7.44. The smallest absolute Gasteiger partial charge is 0.264 e. The molecule has 0 aliphatic carbocycles. The summed E-state index contributed by atoms with van der Waals surface area (Å²) in [5.41, 5.74) is 3.03. The molecule has 0 atom stereocenters. The lowest BCUT2D eigenvalue weighted by Crippen LogP contribution is -2.19. The molecular formula is C17H14N2OS. The van der Waals surface area contributed by atoms with Crippen LogP contribution in [0, 0.1) is 6.92 Å². The van der Waals surface area contributed by atoms with E-state index in [-0.39, 0.29) is 5.91 Å². The average Bonchev–Trinajstić information content (AvgIpc) is 2.82. The summed E-state index contributed by atoms with van der Waals surface area (Å²) in [6.07, 6.45) is 1.87. The van der Waals surface area contributed by atoms with E-state index in [4.69, 9.17) is 0 Å². The largest absolute Gasteiger partial charge is 0.300 e. The zero-order valence-electron chi connectivity index (χ0n) is 11.5. The lowest BCUT2D eigenvalue weighted by molar-refractivity contribution is -0.115. The third-order valence-electron chi connectivity index (χ3n) is 3.01. The van der Waals surface area contributed by atoms with Crippen molar-refractivity contribution in [1.82, 2.24) is 5.32 Å². The summed E-state index contributed by atoms with van der Waals surface area (Å²) in [5.74, 6) is -0.102. The van der Waals surface area contributed by atoms with Gasteiger partial charge in [0.1, 0.15) is 0 Å². The van der Waals surface area contributed by atoms with E-state index in [2.05, 4.69) is 10.3 Å². The maximum absolute atomic E-state index is 12.0. The standard InChI is InChI=1S/C17H14N2OS/c1-12-7-9-14(10-8-12)18-17-19-16(20)15(21-17)11-13-5-3-2-4-6-13/h2-11H,1H3,(H,18,19,20)/b15-11+. The molecule has 104 valence electrons. The molecule has 1 fully saturated rings. The van der Waals surface area contributed by atoms with Crippen molar-refractivity contribution in [3.8, 4) is 0 Å². The van der Waals surface area contributed by atoms with Crippen molar-refractivity contribution in [2.45, 2.75) is 6.92 Å². The molecule has 2 aromatic rings. The van der Waals surface area contributed by atoms with Crippen LogP contribution in [0.1, 0.15) is 11.1 Å². The van der Waals surface area contributed by atoms with Crippen LogP contribution < -0.4 is 5.32 Å². The second-order valence-electron chi connectivity index (χ2n) is 4.73. The molecule has 1 amide bonds. The number of aryl methyl sites for hydroxylation is 1. The molecule has 2 aromatic carbocycles. The van der Waals surface area contributed by atoms with Gasteiger partial charge in [-0.25, -0.2) is 4.99 Å². The molecular weight excluding hydrogens is 280 g/mol. The number of amides is 1. The quantitative estimate of drug-likeness (QED) is 0.854. The number of thioether (sulfide) groups is 1. The Balaban J connectivity index is 1.81. The number of hydrogen-bond acceptors (Lipinski definition) is 3. The Morgan fingerprint density at radius 3 is 2.48 bits per heavy atom. The van der Waals surface area contributed by atoms with Crippen LogP contribution in [-0.2, 0) is 4.79 Å². The minimum Gasteiger partial charge on any atom is -0.300 e. The van der Waals surface area contributed by atoms with Gasteiger partial charge in [-0.05, 0) is 42.5 Å². The molecule has 0 spiro atoms. The highest BCUT2D eigenvalue weighted by Crippen LogP contribution is 2.27. The zero-order valence-corrected chi connectivity index (χ0v) is 12.4. The van der Waals surface area contributed by atoms with Gasteiger partial charge in [0.2, 0.25) is 0 Å². The monoisotopic (exact) mass is 294 g/mol. The van der Waals surface area contributed by atoms with Gasteiger partial charge >= 0.3 is 0 Å². The Morgan fingerprint density at radius 2 is 1.76 bits per heavy atom. The first-order valence-electron chi connectivity index (χ1n) is 6.62. The van der Waals surface area contributed by atoms with E-state index in [0.29, 0.717) is 10.1 Å². The van der Waals surface area contributed by atoms with Gasteiger partial charge in [0.15, 0.2) is 5.17 Å². The van der Waals surface area contributed by atoms with Crippen molar-refractivity contribution in [3.63, 3.8) is 0 Å². The highest BCUT2D eigenvalue weighted by molar-refractivity contribution is 8.18. The first kappa shape index (κ1) is 13.6. The number of aliphatic imine (C=N–C) groups is 1. The fourth-order valence-electron chi connectivity index (χ4n) is 1.92. The second-order valence-corrected chi connectivity index (χ2v) is 5.76. The third-order valence-corrected chi connectivity index (χ3v) is 3.92. The lowest BCUT2D eigenvalue weighted by Gasteiger charge is -1.97. The zero-order chi connectivity index (χ0) is 14.7. The summed E-state index contributed by atoms with van der Waals surface area (Å²) >= 11 is 1.36. The van der Waals surface area contributed by atoms with Crippen molar-refractivity contribution in [3.05, 3.63) is 70.6 Å². The predicted molar refractivity (Wildman–Crippen MR) is 88.4 cm³/mol. The molecule has 0 bridgehead atoms. The van der Waals surface area contributed by atoms with Gasteiger partial charge in [0.25, 0.3) is 5.91 Å². The van der Waals surface area contributed by atoms with Gasteiger partial charge in [0.05, 0.1) is 10.6 Å². The van der Waals surface area contributed by atoms with Gasteiger partial charge < -0.3 is 5.32 Å². The minimum absolute atomic E-state index is 0.102. The van der Waals surface area contributed by atoms with Crippen molar-refractivity contribution >= 4 is 34.6 Å². The summed E-state index contributed by atoms with van der Waals surface area (Å²) in [6, 6.07) is 17.7. The molecule has 1 saturated heterocycles. The fourth-order valence-corrected chi connectivity index (χ4v) is 2.76. The molecule has 0 saturated carbocycles. The number of nitrogens with zero attached hydrogens (tertiary/aromatic N) is 1. The molecule has 21 heavy (non-hydrogen) atoms. The molecule has 0 aromatic heterocycles. The Bertz CT molecular complexity index is 718. The van der Waals surface area contributed by atoms with Crippen LogP contribution >= 0.6 is 11.8 Å². The summed E-state index contributed by atoms with van der Waals surface area (Å²) in [6.45, 7) is 2.03. The molecule has 1 aliphatic heterocycles. The SMILES string of the molecule is Cc1ccc(N=C2NC(=O)/C(=C\c3ccccc3)S2)cc1. The topological polar surface area (TPSA) is 41.5 Å². The van der Waals surface area contributed by atoms with Gasteiger partial charge in [-0.1, -0.05) is 48.0 Å². The maximum Gasteiger partial charge on any atom is 0.264 e. The number of benzene rings is 2. The van der Waals surface area contributed by atoms with E-state index < -0.39 is 0 Å². The van der Waals surface area contributed by atoms with E-state index in [9.17, 15) is 4.79 Å². The molecule has 1 aliphatic rings. The van der Waals surface area contributed by atoms with Gasteiger partial charge in [-0.3, -0.25) is 4.79 Å². The van der Waals surface area contributed by atoms with E-state index in [1.807, 2.05) is 67.6 Å². The van der Waals surface area contributed by atoms with Gasteiger partial charge in [-0.15, -0.1) is 0 Å². The van der Waals surface area contributed by atoms with Crippen LogP contribution in [0.15, 0.2) is 64.5 Å². The summed E-state index contributed by atoms with van der Waals surface area (Å²) in [5, 5.41) is 3.41. The van der Waals surface area contributed by atoms with Gasteiger partial charge in [-0.2, -0.15) is 0 Å². The van der Waals surface area contributed by atoms with Crippen molar-refractivity contribution in [2.75, 3.05) is 0 Å². The lowest BCUT2D eigenvalue weighted by atomic mass is 10.2. The third kappa shape index (κ3) is 3.41. The Hall–Kier alpha value is -2.33. The Kier molecular flexibility index (Phi) is 3.88. The molecule has 0 radical (unpaired) electrons. The normalized spacial score (nSPS) is 18.2. The van der Waals surface area contributed by atoms with Crippen LogP contribution in [0.4, 0.5) is 5.69 Å². The molecule has 3 rings (SSSR count). The number of hydrogen-bond donors (Lipinski definition) is 1. The summed E-state index contributed by atoms with van der Waals surface area (Å²) in [7, 11) is 0. The van der Waals surface area contributed by atoms with Crippen LogP contribution in [0.2, 0.25) is 0 Å². The van der Waals surface area contributed by atoms with Crippen LogP contribution in [0.3, 0.4) is 0 Å². The van der Waals surface area contributed by atoms with Crippen LogP contribution in [-0.4, -0.2) is 11.1 Å². The summed E-state index contributed by atoms with van der Waals surface area (Å²) in [4.78, 5) is 17.1. The van der Waals surface area contributed by atoms with E-state index >= 15 is 0 Å².